The van der Waals surface area contributed by atoms with Gasteiger partial charge in [-0.15, -0.1) is 11.3 Å². The van der Waals surface area contributed by atoms with Crippen LogP contribution in [0.15, 0.2) is 70.0 Å². The Kier molecular flexibility index (Phi) is 5.41. The fourth-order valence-corrected chi connectivity index (χ4v) is 3.90. The molecule has 0 radical (unpaired) electrons. The van der Waals surface area contributed by atoms with Crippen molar-refractivity contribution in [2.45, 2.75) is 11.4 Å². The summed E-state index contributed by atoms with van der Waals surface area (Å²) in [6.07, 6.45) is 2.92. The monoisotopic (exact) mass is 406 g/mol. The molecule has 0 saturated carbocycles. The van der Waals surface area contributed by atoms with Crippen LogP contribution in [0.3, 0.4) is 0 Å². The number of hydrogen-bond acceptors (Lipinski definition) is 4. The van der Waals surface area contributed by atoms with Crippen LogP contribution in [-0.4, -0.2) is 25.1 Å². The number of aromatic nitrogens is 1. The molecule has 3 rings (SSSR count). The molecule has 2 aromatic carbocycles. The fourth-order valence-electron chi connectivity index (χ4n) is 2.33. The standard InChI is InChI=1S/C18H15ClN2O3S2/c1-26(23,24)14-7-8-16(19)15(11-14)17(22)20-18-21(9-10-25-18)12-13-5-3-2-4-6-13/h2-11H,12H2,1H3. The largest absolute Gasteiger partial charge is 0.319 e. The van der Waals surface area contributed by atoms with E-state index >= 15 is 0 Å². The Bertz CT molecular complexity index is 1120. The number of rotatable bonds is 4. The van der Waals surface area contributed by atoms with Gasteiger partial charge in [-0.1, -0.05) is 41.9 Å². The number of carbonyl (C=O) groups is 1. The molecule has 0 atom stereocenters. The van der Waals surface area contributed by atoms with E-state index in [0.29, 0.717) is 11.3 Å². The maximum absolute atomic E-state index is 12.6. The third-order valence-corrected chi connectivity index (χ3v) is 5.88. The molecule has 26 heavy (non-hydrogen) atoms. The molecule has 0 fully saturated rings. The summed E-state index contributed by atoms with van der Waals surface area (Å²) in [4.78, 5) is 17.2. The lowest BCUT2D eigenvalue weighted by atomic mass is 10.2. The van der Waals surface area contributed by atoms with Crippen LogP contribution in [0.4, 0.5) is 0 Å². The lowest BCUT2D eigenvalue weighted by molar-refractivity contribution is 0.0997. The van der Waals surface area contributed by atoms with E-state index in [1.807, 2.05) is 46.5 Å². The molecule has 134 valence electrons. The van der Waals surface area contributed by atoms with Crippen molar-refractivity contribution in [3.63, 3.8) is 0 Å². The second-order valence-corrected chi connectivity index (χ2v) is 8.93. The van der Waals surface area contributed by atoms with Crippen LogP contribution in [0.2, 0.25) is 5.02 Å². The van der Waals surface area contributed by atoms with Gasteiger partial charge >= 0.3 is 0 Å². The van der Waals surface area contributed by atoms with E-state index in [1.54, 1.807) is 0 Å². The van der Waals surface area contributed by atoms with Crippen molar-refractivity contribution in [2.24, 2.45) is 4.99 Å². The zero-order valence-corrected chi connectivity index (χ0v) is 16.2. The molecule has 0 aliphatic heterocycles. The van der Waals surface area contributed by atoms with Gasteiger partial charge in [0.25, 0.3) is 5.91 Å². The third kappa shape index (κ3) is 4.30. The molecule has 3 aromatic rings. The maximum atomic E-state index is 12.6. The van der Waals surface area contributed by atoms with Crippen LogP contribution in [0, 0.1) is 0 Å². The lowest BCUT2D eigenvalue weighted by Crippen LogP contribution is -2.17. The zero-order valence-electron chi connectivity index (χ0n) is 13.8. The minimum Gasteiger partial charge on any atom is -0.319 e. The van der Waals surface area contributed by atoms with E-state index in [9.17, 15) is 13.2 Å². The van der Waals surface area contributed by atoms with E-state index in [1.165, 1.54) is 29.5 Å². The first-order chi connectivity index (χ1) is 12.3. The number of carbonyl (C=O) groups excluding carboxylic acids is 1. The van der Waals surface area contributed by atoms with Crippen LogP contribution < -0.4 is 4.80 Å². The number of nitrogens with zero attached hydrogens (tertiary/aromatic N) is 2. The van der Waals surface area contributed by atoms with Gasteiger partial charge in [-0.25, -0.2) is 8.42 Å². The number of hydrogen-bond donors (Lipinski definition) is 0. The summed E-state index contributed by atoms with van der Waals surface area (Å²) in [7, 11) is -3.44. The molecule has 8 heteroatoms. The van der Waals surface area contributed by atoms with E-state index in [0.717, 1.165) is 11.8 Å². The number of halogens is 1. The van der Waals surface area contributed by atoms with E-state index in [2.05, 4.69) is 4.99 Å². The topological polar surface area (TPSA) is 68.5 Å². The Labute approximate surface area is 160 Å². The predicted molar refractivity (Wildman–Crippen MR) is 102 cm³/mol. The Hall–Kier alpha value is -2.22. The molecular weight excluding hydrogens is 392 g/mol. The highest BCUT2D eigenvalue weighted by Crippen LogP contribution is 2.21. The minimum absolute atomic E-state index is 0.0313. The number of amides is 1. The van der Waals surface area contributed by atoms with Gasteiger partial charge in [0.1, 0.15) is 0 Å². The zero-order chi connectivity index (χ0) is 18.7. The van der Waals surface area contributed by atoms with Gasteiger partial charge in [0.05, 0.1) is 15.5 Å². The Morgan fingerprint density at radius 2 is 1.92 bits per heavy atom. The van der Waals surface area contributed by atoms with Crippen molar-refractivity contribution in [2.75, 3.05) is 6.26 Å². The highest BCUT2D eigenvalue weighted by atomic mass is 35.5. The Morgan fingerprint density at radius 1 is 1.19 bits per heavy atom. The molecule has 5 nitrogen and oxygen atoms in total. The van der Waals surface area contributed by atoms with Crippen molar-refractivity contribution >= 4 is 38.7 Å². The normalized spacial score (nSPS) is 12.3. The molecular formula is C18H15ClN2O3S2. The summed E-state index contributed by atoms with van der Waals surface area (Å²) in [6.45, 7) is 0.577. The summed E-state index contributed by atoms with van der Waals surface area (Å²) in [6, 6.07) is 13.8. The van der Waals surface area contributed by atoms with Gasteiger partial charge in [-0.3, -0.25) is 4.79 Å². The van der Waals surface area contributed by atoms with Crippen molar-refractivity contribution in [3.8, 4) is 0 Å². The first-order valence-corrected chi connectivity index (χ1v) is 10.8. The second kappa shape index (κ2) is 7.57. The number of thiazole rings is 1. The van der Waals surface area contributed by atoms with Gasteiger partial charge in [-0.05, 0) is 23.8 Å². The van der Waals surface area contributed by atoms with Crippen LogP contribution in [0.1, 0.15) is 15.9 Å². The fraction of sp³-hybridized carbons (Fsp3) is 0.111. The Morgan fingerprint density at radius 3 is 2.62 bits per heavy atom. The van der Waals surface area contributed by atoms with Crippen LogP contribution in [0.25, 0.3) is 0 Å². The van der Waals surface area contributed by atoms with Crippen LogP contribution >= 0.6 is 22.9 Å². The van der Waals surface area contributed by atoms with Crippen molar-refractivity contribution in [1.82, 2.24) is 4.57 Å². The molecule has 0 spiro atoms. The summed E-state index contributed by atoms with van der Waals surface area (Å²) in [5.41, 5.74) is 1.14. The molecule has 0 aliphatic carbocycles. The quantitative estimate of drug-likeness (QED) is 0.666. The van der Waals surface area contributed by atoms with E-state index in [-0.39, 0.29) is 15.5 Å². The molecule has 0 N–H and O–H groups in total. The molecule has 1 heterocycles. The summed E-state index contributed by atoms with van der Waals surface area (Å²) >= 11 is 7.39. The molecule has 1 aromatic heterocycles. The van der Waals surface area contributed by atoms with E-state index in [4.69, 9.17) is 11.6 Å². The van der Waals surface area contributed by atoms with Gasteiger partial charge in [0.2, 0.25) is 0 Å². The third-order valence-electron chi connectivity index (χ3n) is 3.65. The van der Waals surface area contributed by atoms with Crippen LogP contribution in [0.5, 0.6) is 0 Å². The molecule has 0 bridgehead atoms. The first-order valence-electron chi connectivity index (χ1n) is 7.61. The average molecular weight is 407 g/mol. The maximum Gasteiger partial charge on any atom is 0.281 e. The SMILES string of the molecule is CS(=O)(=O)c1ccc(Cl)c(C(=O)N=c2sccn2Cc2ccccc2)c1. The molecule has 0 unspecified atom stereocenters. The molecule has 0 aliphatic rings. The number of benzene rings is 2. The molecule has 1 amide bonds. The minimum atomic E-state index is -3.44. The van der Waals surface area contributed by atoms with Crippen molar-refractivity contribution in [3.05, 3.63) is 81.1 Å². The average Bonchev–Trinajstić information content (AvgIpc) is 3.02. The van der Waals surface area contributed by atoms with Gasteiger partial charge < -0.3 is 4.57 Å². The van der Waals surface area contributed by atoms with Gasteiger partial charge in [0.15, 0.2) is 14.6 Å². The predicted octanol–water partition coefficient (Wildman–Crippen LogP) is 3.40. The van der Waals surface area contributed by atoms with Crippen molar-refractivity contribution in [1.29, 1.82) is 0 Å². The smallest absolute Gasteiger partial charge is 0.281 e. The highest BCUT2D eigenvalue weighted by Gasteiger charge is 2.15. The van der Waals surface area contributed by atoms with Gasteiger partial charge in [-0.2, -0.15) is 4.99 Å². The van der Waals surface area contributed by atoms with Crippen molar-refractivity contribution < 1.29 is 13.2 Å². The van der Waals surface area contributed by atoms with Gasteiger partial charge in [0, 0.05) is 24.4 Å². The Balaban J connectivity index is 1.97. The second-order valence-electron chi connectivity index (χ2n) is 5.63. The summed E-state index contributed by atoms with van der Waals surface area (Å²) in [5.74, 6) is -0.579. The van der Waals surface area contributed by atoms with Crippen LogP contribution in [-0.2, 0) is 16.4 Å². The highest BCUT2D eigenvalue weighted by molar-refractivity contribution is 7.90. The number of sulfone groups is 1. The summed E-state index contributed by atoms with van der Waals surface area (Å²) < 4.78 is 25.3. The lowest BCUT2D eigenvalue weighted by Gasteiger charge is -2.04. The first kappa shape index (κ1) is 18.6. The molecule has 0 saturated heterocycles. The van der Waals surface area contributed by atoms with E-state index < -0.39 is 15.7 Å². The summed E-state index contributed by atoms with van der Waals surface area (Å²) in [5, 5.41) is 2.00.